The monoisotopic (exact) mass is 875 g/mol. The molecular weight excluding hydrogens is 781 g/mol. The molecular formula is C57H94O6. The van der Waals surface area contributed by atoms with Gasteiger partial charge in [-0.05, 0) is 64.2 Å². The van der Waals surface area contributed by atoms with Crippen LogP contribution in [-0.4, -0.2) is 37.2 Å². The summed E-state index contributed by atoms with van der Waals surface area (Å²) in [6.45, 7) is 6.34. The molecule has 0 bridgehead atoms. The van der Waals surface area contributed by atoms with Gasteiger partial charge in [-0.3, -0.25) is 14.4 Å². The van der Waals surface area contributed by atoms with Crippen molar-refractivity contribution in [1.29, 1.82) is 0 Å². The van der Waals surface area contributed by atoms with Gasteiger partial charge in [0.15, 0.2) is 6.10 Å². The quantitative estimate of drug-likeness (QED) is 0.0199. The van der Waals surface area contributed by atoms with Crippen LogP contribution in [0.25, 0.3) is 0 Å². The molecule has 0 aromatic rings. The van der Waals surface area contributed by atoms with Crippen LogP contribution in [0.5, 0.6) is 0 Å². The molecule has 6 heteroatoms. The van der Waals surface area contributed by atoms with E-state index in [-0.39, 0.29) is 31.1 Å². The summed E-state index contributed by atoms with van der Waals surface area (Å²) in [4.78, 5) is 38.0. The maximum Gasteiger partial charge on any atom is 0.306 e. The van der Waals surface area contributed by atoms with E-state index in [0.717, 1.165) is 89.9 Å². The van der Waals surface area contributed by atoms with Gasteiger partial charge in [0.05, 0.1) is 0 Å². The fourth-order valence-corrected chi connectivity index (χ4v) is 6.92. The second-order valence-corrected chi connectivity index (χ2v) is 16.8. The molecule has 0 aliphatic carbocycles. The zero-order valence-electron chi connectivity index (χ0n) is 40.8. The Hall–Kier alpha value is -3.67. The van der Waals surface area contributed by atoms with Crippen molar-refractivity contribution in [3.05, 3.63) is 97.2 Å². The van der Waals surface area contributed by atoms with Crippen molar-refractivity contribution in [1.82, 2.24) is 0 Å². The van der Waals surface area contributed by atoms with Crippen molar-refractivity contribution in [2.45, 2.75) is 232 Å². The third kappa shape index (κ3) is 49.2. The number of carbonyl (C=O) groups is 3. The van der Waals surface area contributed by atoms with Gasteiger partial charge in [0.1, 0.15) is 13.2 Å². The van der Waals surface area contributed by atoms with Crippen LogP contribution in [0.4, 0.5) is 0 Å². The molecule has 358 valence electrons. The Morgan fingerprint density at radius 1 is 0.349 bits per heavy atom. The van der Waals surface area contributed by atoms with Gasteiger partial charge in [-0.2, -0.15) is 0 Å². The number of esters is 3. The second-order valence-electron chi connectivity index (χ2n) is 16.8. The van der Waals surface area contributed by atoms with Crippen LogP contribution in [0.1, 0.15) is 226 Å². The van der Waals surface area contributed by atoms with Crippen LogP contribution < -0.4 is 0 Å². The molecule has 0 heterocycles. The van der Waals surface area contributed by atoms with Crippen molar-refractivity contribution in [2.75, 3.05) is 13.2 Å². The van der Waals surface area contributed by atoms with Gasteiger partial charge in [-0.1, -0.05) is 240 Å². The standard InChI is InChI=1S/C57H94O6/c1-4-7-10-13-16-19-22-25-28-29-30-33-35-38-41-44-47-50-56(59)62-53-54(63-57(60)51-48-45-42-39-36-32-27-24-21-18-15-12-9-6-3)52-61-55(58)49-46-43-40-37-34-31-26-23-20-17-14-11-8-5-2/h7,9-10,12-13,16,18-19,21-22,25,28-30,33,35,54H,4-6,8,11,14-15,17,20,23-24,26-27,31-32,34,36-53H2,1-3H3/b10-7-,12-9-,16-13-,21-18-,22-19-,28-25-,30-29+,35-33-. The highest BCUT2D eigenvalue weighted by atomic mass is 16.6. The first-order valence-electron chi connectivity index (χ1n) is 25.8. The average Bonchev–Trinajstić information content (AvgIpc) is 3.28. The van der Waals surface area contributed by atoms with E-state index in [1.165, 1.54) is 96.3 Å². The largest absolute Gasteiger partial charge is 0.462 e. The van der Waals surface area contributed by atoms with Crippen molar-refractivity contribution in [3.8, 4) is 0 Å². The average molecular weight is 875 g/mol. The summed E-state index contributed by atoms with van der Waals surface area (Å²) in [7, 11) is 0. The first kappa shape index (κ1) is 59.3. The summed E-state index contributed by atoms with van der Waals surface area (Å²) < 4.78 is 16.8. The number of rotatable bonds is 45. The van der Waals surface area contributed by atoms with E-state index in [1.807, 2.05) is 60.8 Å². The molecule has 0 spiro atoms. The van der Waals surface area contributed by atoms with Crippen LogP contribution in [0.2, 0.25) is 0 Å². The van der Waals surface area contributed by atoms with Crippen molar-refractivity contribution in [3.63, 3.8) is 0 Å². The number of carbonyl (C=O) groups excluding carboxylic acids is 3. The van der Waals surface area contributed by atoms with Crippen molar-refractivity contribution < 1.29 is 28.6 Å². The van der Waals surface area contributed by atoms with E-state index >= 15 is 0 Å². The molecule has 0 aromatic carbocycles. The maximum absolute atomic E-state index is 12.8. The molecule has 0 rings (SSSR count). The molecule has 0 aliphatic heterocycles. The Bertz CT molecular complexity index is 1280. The van der Waals surface area contributed by atoms with E-state index in [4.69, 9.17) is 14.2 Å². The summed E-state index contributed by atoms with van der Waals surface area (Å²) in [5, 5.41) is 0. The topological polar surface area (TPSA) is 78.9 Å². The van der Waals surface area contributed by atoms with E-state index in [9.17, 15) is 14.4 Å². The van der Waals surface area contributed by atoms with Gasteiger partial charge in [0, 0.05) is 19.3 Å². The lowest BCUT2D eigenvalue weighted by atomic mass is 10.0. The van der Waals surface area contributed by atoms with E-state index in [2.05, 4.69) is 57.2 Å². The summed E-state index contributed by atoms with van der Waals surface area (Å²) in [5.41, 5.74) is 0. The lowest BCUT2D eigenvalue weighted by Gasteiger charge is -2.18. The lowest BCUT2D eigenvalue weighted by molar-refractivity contribution is -0.167. The first-order chi connectivity index (χ1) is 31.0. The van der Waals surface area contributed by atoms with Gasteiger partial charge in [-0.25, -0.2) is 0 Å². The Kier molecular flexibility index (Phi) is 48.0. The van der Waals surface area contributed by atoms with Gasteiger partial charge in [0.25, 0.3) is 0 Å². The molecule has 1 atom stereocenters. The minimum Gasteiger partial charge on any atom is -0.462 e. The summed E-state index contributed by atoms with van der Waals surface area (Å²) in [6.07, 6.45) is 66.7. The fourth-order valence-electron chi connectivity index (χ4n) is 6.92. The molecule has 0 amide bonds. The fraction of sp³-hybridized carbons (Fsp3) is 0.667. The highest BCUT2D eigenvalue weighted by Gasteiger charge is 2.19. The minimum absolute atomic E-state index is 0.0946. The van der Waals surface area contributed by atoms with Crippen molar-refractivity contribution in [2.24, 2.45) is 0 Å². The van der Waals surface area contributed by atoms with Crippen LogP contribution in [0.3, 0.4) is 0 Å². The number of allylic oxidation sites excluding steroid dienone is 16. The molecule has 0 saturated carbocycles. The Labute approximate surface area is 387 Å². The van der Waals surface area contributed by atoms with Gasteiger partial charge in [0.2, 0.25) is 0 Å². The Morgan fingerprint density at radius 3 is 1.16 bits per heavy atom. The molecule has 6 nitrogen and oxygen atoms in total. The van der Waals surface area contributed by atoms with Crippen LogP contribution in [0, 0.1) is 0 Å². The Morgan fingerprint density at radius 2 is 0.698 bits per heavy atom. The van der Waals surface area contributed by atoms with Gasteiger partial charge in [-0.15, -0.1) is 0 Å². The predicted molar refractivity (Wildman–Crippen MR) is 270 cm³/mol. The van der Waals surface area contributed by atoms with E-state index in [0.29, 0.717) is 19.3 Å². The predicted octanol–water partition coefficient (Wildman–Crippen LogP) is 17.0. The highest BCUT2D eigenvalue weighted by Crippen LogP contribution is 2.15. The SMILES string of the molecule is CC\C=C/C=C\C=C/C=C\C=C\C=C/CCCCCC(=O)OCC(COC(=O)CCCCCCCCCCCCCCCC)OC(=O)CCCCCCCCC/C=C\C/C=C\CC. The molecule has 0 aromatic heterocycles. The number of ether oxygens (including phenoxy) is 3. The molecule has 0 N–H and O–H groups in total. The summed E-state index contributed by atoms with van der Waals surface area (Å²) in [6, 6.07) is 0. The third-order valence-electron chi connectivity index (χ3n) is 10.7. The molecule has 1 unspecified atom stereocenters. The smallest absolute Gasteiger partial charge is 0.306 e. The van der Waals surface area contributed by atoms with Gasteiger partial charge >= 0.3 is 17.9 Å². The Balaban J connectivity index is 4.49. The summed E-state index contributed by atoms with van der Waals surface area (Å²) in [5.74, 6) is -0.949. The van der Waals surface area contributed by atoms with Gasteiger partial charge < -0.3 is 14.2 Å². The molecule has 0 saturated heterocycles. The number of hydrogen-bond acceptors (Lipinski definition) is 6. The molecule has 0 fully saturated rings. The van der Waals surface area contributed by atoms with Crippen LogP contribution >= 0.6 is 0 Å². The van der Waals surface area contributed by atoms with Crippen molar-refractivity contribution >= 4 is 17.9 Å². The summed E-state index contributed by atoms with van der Waals surface area (Å²) >= 11 is 0. The first-order valence-corrected chi connectivity index (χ1v) is 25.8. The zero-order valence-corrected chi connectivity index (χ0v) is 40.8. The van der Waals surface area contributed by atoms with E-state index in [1.54, 1.807) is 0 Å². The second kappa shape index (κ2) is 51.0. The molecule has 0 aliphatic rings. The zero-order chi connectivity index (χ0) is 45.8. The number of hydrogen-bond donors (Lipinski definition) is 0. The normalized spacial score (nSPS) is 12.9. The van der Waals surface area contributed by atoms with E-state index < -0.39 is 6.10 Å². The molecule has 0 radical (unpaired) electrons. The third-order valence-corrected chi connectivity index (χ3v) is 10.7. The number of unbranched alkanes of at least 4 members (excludes halogenated alkanes) is 23. The van der Waals surface area contributed by atoms with Crippen LogP contribution in [0.15, 0.2) is 97.2 Å². The lowest BCUT2D eigenvalue weighted by Crippen LogP contribution is -2.30. The highest BCUT2D eigenvalue weighted by molar-refractivity contribution is 5.71. The maximum atomic E-state index is 12.8. The van der Waals surface area contributed by atoms with Crippen LogP contribution in [-0.2, 0) is 28.6 Å². The minimum atomic E-state index is -0.799. The molecule has 63 heavy (non-hydrogen) atoms.